The van der Waals surface area contributed by atoms with E-state index in [0.717, 1.165) is 11.5 Å². The summed E-state index contributed by atoms with van der Waals surface area (Å²) in [6.45, 7) is 6.19. The lowest BCUT2D eigenvalue weighted by Gasteiger charge is -2.31. The smallest absolute Gasteiger partial charge is 0.245 e. The molecule has 172 valence electrons. The van der Waals surface area contributed by atoms with E-state index in [1.165, 1.54) is 0 Å². The Labute approximate surface area is 189 Å². The Morgan fingerprint density at radius 1 is 1.03 bits per heavy atom. The highest BCUT2D eigenvalue weighted by molar-refractivity contribution is 5.90. The van der Waals surface area contributed by atoms with Crippen molar-refractivity contribution in [2.75, 3.05) is 13.2 Å². The van der Waals surface area contributed by atoms with E-state index in [1.54, 1.807) is 11.8 Å². The van der Waals surface area contributed by atoms with Crippen LogP contribution >= 0.6 is 0 Å². The van der Waals surface area contributed by atoms with E-state index in [-0.39, 0.29) is 29.9 Å². The summed E-state index contributed by atoms with van der Waals surface area (Å²) >= 11 is 0. The molecule has 0 aliphatic carbocycles. The second-order valence-electron chi connectivity index (χ2n) is 8.58. The maximum absolute atomic E-state index is 13.5. The fourth-order valence-corrected chi connectivity index (χ4v) is 3.76. The lowest BCUT2D eigenvalue weighted by atomic mass is 10.0. The number of rotatable bonds is 9. The first-order chi connectivity index (χ1) is 15.3. The Kier molecular flexibility index (Phi) is 8.11. The van der Waals surface area contributed by atoms with Crippen molar-refractivity contribution in [2.24, 2.45) is 11.7 Å². The maximum Gasteiger partial charge on any atom is 0.245 e. The van der Waals surface area contributed by atoms with E-state index in [4.69, 9.17) is 15.2 Å². The van der Waals surface area contributed by atoms with E-state index in [9.17, 15) is 9.59 Å². The van der Waals surface area contributed by atoms with Gasteiger partial charge in [0.05, 0.1) is 18.6 Å². The number of hydrogen-bond acceptors (Lipinski definition) is 5. The first-order valence-electron chi connectivity index (χ1n) is 11.1. The quantitative estimate of drug-likeness (QED) is 0.626. The molecule has 0 spiro atoms. The standard InChI is InChI=1S/C25H33N3O4/c1-17(2)23(27-24(29)18(3)26)25(30)28-15-22(32-21-12-8-5-9-13-21)14-19(28)16-31-20-10-6-4-7-11-20/h4-13,17-19,22-23H,14-16,26H2,1-3H3,(H,27,29)/t18-,19-,22-,23-/m0/s1. The highest BCUT2D eigenvalue weighted by Crippen LogP contribution is 2.26. The van der Waals surface area contributed by atoms with Gasteiger partial charge in [0.25, 0.3) is 0 Å². The van der Waals surface area contributed by atoms with Crippen molar-refractivity contribution in [3.63, 3.8) is 0 Å². The van der Waals surface area contributed by atoms with Crippen LogP contribution in [-0.2, 0) is 9.59 Å². The Hall–Kier alpha value is -3.06. The molecule has 0 bridgehead atoms. The van der Waals surface area contributed by atoms with Crippen LogP contribution in [0.5, 0.6) is 11.5 Å². The minimum absolute atomic E-state index is 0.0880. The fraction of sp³-hybridized carbons (Fsp3) is 0.440. The number of amides is 2. The molecule has 32 heavy (non-hydrogen) atoms. The van der Waals surface area contributed by atoms with Crippen LogP contribution in [0.4, 0.5) is 0 Å². The molecular formula is C25H33N3O4. The molecule has 2 amide bonds. The van der Waals surface area contributed by atoms with Crippen LogP contribution in [0.2, 0.25) is 0 Å². The van der Waals surface area contributed by atoms with Crippen molar-refractivity contribution in [3.8, 4) is 11.5 Å². The summed E-state index contributed by atoms with van der Waals surface area (Å²) in [5.41, 5.74) is 5.71. The first kappa shape index (κ1) is 23.6. The minimum Gasteiger partial charge on any atom is -0.491 e. The summed E-state index contributed by atoms with van der Waals surface area (Å²) in [6, 6.07) is 17.6. The summed E-state index contributed by atoms with van der Waals surface area (Å²) in [4.78, 5) is 27.5. The Morgan fingerprint density at radius 2 is 1.62 bits per heavy atom. The van der Waals surface area contributed by atoms with Gasteiger partial charge in [-0.05, 0) is 37.1 Å². The predicted octanol–water partition coefficient (Wildman–Crippen LogP) is 2.60. The second-order valence-corrected chi connectivity index (χ2v) is 8.58. The molecule has 2 aromatic rings. The fourth-order valence-electron chi connectivity index (χ4n) is 3.76. The number of likely N-dealkylation sites (tertiary alicyclic amines) is 1. The van der Waals surface area contributed by atoms with Crippen LogP contribution in [0.15, 0.2) is 60.7 Å². The van der Waals surface area contributed by atoms with Gasteiger partial charge < -0.3 is 25.4 Å². The number of carbonyl (C=O) groups is 2. The monoisotopic (exact) mass is 439 g/mol. The molecule has 7 heteroatoms. The van der Waals surface area contributed by atoms with Crippen molar-refractivity contribution in [1.29, 1.82) is 0 Å². The SMILES string of the molecule is CC(C)[C@H](NC(=O)[C@H](C)N)C(=O)N1C[C@@H](Oc2ccccc2)C[C@H]1COc1ccccc1. The highest BCUT2D eigenvalue weighted by Gasteiger charge is 2.40. The van der Waals surface area contributed by atoms with Crippen LogP contribution in [0.1, 0.15) is 27.2 Å². The largest absolute Gasteiger partial charge is 0.491 e. The third-order valence-corrected chi connectivity index (χ3v) is 5.53. The molecular weight excluding hydrogens is 406 g/mol. The second kappa shape index (κ2) is 11.0. The molecule has 3 rings (SSSR count). The Bertz CT molecular complexity index is 873. The van der Waals surface area contributed by atoms with Crippen molar-refractivity contribution in [1.82, 2.24) is 10.2 Å². The van der Waals surface area contributed by atoms with E-state index in [1.807, 2.05) is 74.5 Å². The third-order valence-electron chi connectivity index (χ3n) is 5.53. The lowest BCUT2D eigenvalue weighted by molar-refractivity contribution is -0.139. The number of nitrogens with two attached hydrogens (primary N) is 1. The summed E-state index contributed by atoms with van der Waals surface area (Å²) in [6.07, 6.45) is 0.474. The Morgan fingerprint density at radius 3 is 2.19 bits per heavy atom. The molecule has 1 saturated heterocycles. The van der Waals surface area contributed by atoms with Gasteiger partial charge in [-0.3, -0.25) is 9.59 Å². The van der Waals surface area contributed by atoms with Gasteiger partial charge in [-0.1, -0.05) is 50.2 Å². The normalized spacial score (nSPS) is 20.0. The van der Waals surface area contributed by atoms with E-state index in [2.05, 4.69) is 5.32 Å². The maximum atomic E-state index is 13.5. The molecule has 4 atom stereocenters. The molecule has 7 nitrogen and oxygen atoms in total. The van der Waals surface area contributed by atoms with Gasteiger partial charge in [-0.2, -0.15) is 0 Å². The molecule has 2 aromatic carbocycles. The highest BCUT2D eigenvalue weighted by atomic mass is 16.5. The van der Waals surface area contributed by atoms with Gasteiger partial charge in [0.2, 0.25) is 11.8 Å². The molecule has 1 fully saturated rings. The molecule has 0 radical (unpaired) electrons. The zero-order valence-corrected chi connectivity index (χ0v) is 18.9. The average molecular weight is 440 g/mol. The number of para-hydroxylation sites is 2. The van der Waals surface area contributed by atoms with Crippen molar-refractivity contribution in [3.05, 3.63) is 60.7 Å². The molecule has 1 aliphatic heterocycles. The van der Waals surface area contributed by atoms with Crippen LogP contribution in [0.25, 0.3) is 0 Å². The van der Waals surface area contributed by atoms with Crippen LogP contribution < -0.4 is 20.5 Å². The number of nitrogens with one attached hydrogen (secondary N) is 1. The summed E-state index contributed by atoms with van der Waals surface area (Å²) < 4.78 is 12.1. The van der Waals surface area contributed by atoms with Crippen LogP contribution in [-0.4, -0.2) is 54.1 Å². The van der Waals surface area contributed by atoms with Crippen molar-refractivity contribution >= 4 is 11.8 Å². The summed E-state index contributed by atoms with van der Waals surface area (Å²) in [5.74, 6) is 0.938. The molecule has 0 saturated carbocycles. The minimum atomic E-state index is -0.686. The predicted molar refractivity (Wildman–Crippen MR) is 123 cm³/mol. The first-order valence-corrected chi connectivity index (χ1v) is 11.1. The van der Waals surface area contributed by atoms with E-state index < -0.39 is 12.1 Å². The van der Waals surface area contributed by atoms with Gasteiger partial charge >= 0.3 is 0 Å². The number of benzene rings is 2. The van der Waals surface area contributed by atoms with Crippen LogP contribution in [0.3, 0.4) is 0 Å². The molecule has 1 aliphatic rings. The van der Waals surface area contributed by atoms with Crippen molar-refractivity contribution in [2.45, 2.75) is 51.4 Å². The Balaban J connectivity index is 1.75. The number of hydrogen-bond donors (Lipinski definition) is 2. The average Bonchev–Trinajstić information content (AvgIpc) is 3.19. The van der Waals surface area contributed by atoms with Gasteiger partial charge in [0.15, 0.2) is 0 Å². The van der Waals surface area contributed by atoms with Gasteiger partial charge in [0, 0.05) is 6.42 Å². The molecule has 3 N–H and O–H groups in total. The topological polar surface area (TPSA) is 93.9 Å². The van der Waals surface area contributed by atoms with Gasteiger partial charge in [-0.15, -0.1) is 0 Å². The van der Waals surface area contributed by atoms with E-state index >= 15 is 0 Å². The zero-order chi connectivity index (χ0) is 23.1. The van der Waals surface area contributed by atoms with Gasteiger partial charge in [-0.25, -0.2) is 0 Å². The van der Waals surface area contributed by atoms with Crippen LogP contribution in [0, 0.1) is 5.92 Å². The molecule has 1 heterocycles. The number of ether oxygens (including phenoxy) is 2. The number of carbonyl (C=O) groups excluding carboxylic acids is 2. The summed E-state index contributed by atoms with van der Waals surface area (Å²) in [7, 11) is 0. The zero-order valence-electron chi connectivity index (χ0n) is 18.9. The van der Waals surface area contributed by atoms with Crippen molar-refractivity contribution < 1.29 is 19.1 Å². The number of nitrogens with zero attached hydrogens (tertiary/aromatic N) is 1. The summed E-state index contributed by atoms with van der Waals surface area (Å²) in [5, 5.41) is 2.81. The third kappa shape index (κ3) is 6.23. The van der Waals surface area contributed by atoms with E-state index in [0.29, 0.717) is 19.6 Å². The molecule has 0 unspecified atom stereocenters. The molecule has 0 aromatic heterocycles. The lowest BCUT2D eigenvalue weighted by Crippen LogP contribution is -2.55. The van der Waals surface area contributed by atoms with Gasteiger partial charge in [0.1, 0.15) is 30.3 Å².